The van der Waals surface area contributed by atoms with E-state index in [1.165, 1.54) is 6.42 Å². The van der Waals surface area contributed by atoms with E-state index in [2.05, 4.69) is 17.1 Å². The minimum Gasteiger partial charge on any atom is -0.506 e. The summed E-state index contributed by atoms with van der Waals surface area (Å²) in [5.41, 5.74) is 6.60. The third-order valence-corrected chi connectivity index (χ3v) is 3.78. The monoisotopic (exact) mass is 259 g/mol. The molecular weight excluding hydrogens is 242 g/mol. The standard InChI is InChI=1S/C14H17N3O2/c1-8-2-3-9(6-8)13-16-14(19-17-13)10-4-5-11(15)12(18)7-10/h4-5,7-9,18H,2-3,6,15H2,1H3. The Hall–Kier alpha value is -2.04. The predicted molar refractivity (Wildman–Crippen MR) is 71.6 cm³/mol. The first-order chi connectivity index (χ1) is 9.13. The Kier molecular flexibility index (Phi) is 2.89. The van der Waals surface area contributed by atoms with Crippen molar-refractivity contribution in [3.8, 4) is 17.2 Å². The second-order valence-corrected chi connectivity index (χ2v) is 5.35. The molecule has 2 aromatic rings. The zero-order chi connectivity index (χ0) is 13.4. The number of phenols is 1. The van der Waals surface area contributed by atoms with E-state index in [1.807, 2.05) is 0 Å². The van der Waals surface area contributed by atoms with Gasteiger partial charge in [0.15, 0.2) is 5.82 Å². The number of anilines is 1. The summed E-state index contributed by atoms with van der Waals surface area (Å²) in [6, 6.07) is 4.94. The lowest BCUT2D eigenvalue weighted by Crippen LogP contribution is -1.96. The average molecular weight is 259 g/mol. The molecule has 2 atom stereocenters. The molecule has 1 fully saturated rings. The van der Waals surface area contributed by atoms with E-state index < -0.39 is 0 Å². The second-order valence-electron chi connectivity index (χ2n) is 5.35. The van der Waals surface area contributed by atoms with Gasteiger partial charge in [-0.25, -0.2) is 0 Å². The van der Waals surface area contributed by atoms with E-state index in [-0.39, 0.29) is 5.75 Å². The molecular formula is C14H17N3O2. The fraction of sp³-hybridized carbons (Fsp3) is 0.429. The van der Waals surface area contributed by atoms with Gasteiger partial charge in [0.25, 0.3) is 5.89 Å². The maximum atomic E-state index is 9.60. The van der Waals surface area contributed by atoms with Crippen molar-refractivity contribution >= 4 is 5.69 Å². The molecule has 5 heteroatoms. The van der Waals surface area contributed by atoms with Crippen LogP contribution in [0.3, 0.4) is 0 Å². The van der Waals surface area contributed by atoms with Crippen LogP contribution in [0, 0.1) is 5.92 Å². The summed E-state index contributed by atoms with van der Waals surface area (Å²) in [5, 5.41) is 13.7. The topological polar surface area (TPSA) is 85.2 Å². The van der Waals surface area contributed by atoms with Gasteiger partial charge in [0.1, 0.15) is 5.75 Å². The Balaban J connectivity index is 1.86. The van der Waals surface area contributed by atoms with Gasteiger partial charge in [-0.2, -0.15) is 4.98 Å². The minimum absolute atomic E-state index is 0.0340. The van der Waals surface area contributed by atoms with Crippen LogP contribution in [0.1, 0.15) is 37.9 Å². The molecule has 0 amide bonds. The lowest BCUT2D eigenvalue weighted by molar-refractivity contribution is 0.414. The summed E-state index contributed by atoms with van der Waals surface area (Å²) in [5.74, 6) is 2.37. The fourth-order valence-corrected chi connectivity index (χ4v) is 2.64. The Bertz CT molecular complexity index is 594. The zero-order valence-corrected chi connectivity index (χ0v) is 10.8. The number of nitrogen functional groups attached to an aromatic ring is 1. The second kappa shape index (κ2) is 4.57. The van der Waals surface area contributed by atoms with Gasteiger partial charge < -0.3 is 15.4 Å². The van der Waals surface area contributed by atoms with E-state index in [0.29, 0.717) is 23.1 Å². The normalized spacial score (nSPS) is 22.8. The molecule has 100 valence electrons. The smallest absolute Gasteiger partial charge is 0.258 e. The maximum absolute atomic E-state index is 9.60. The highest BCUT2D eigenvalue weighted by Crippen LogP contribution is 2.37. The number of nitrogens with two attached hydrogens (primary N) is 1. The molecule has 19 heavy (non-hydrogen) atoms. The molecule has 3 N–H and O–H groups in total. The molecule has 0 aliphatic heterocycles. The first-order valence-corrected chi connectivity index (χ1v) is 6.56. The Morgan fingerprint density at radius 3 is 2.89 bits per heavy atom. The first-order valence-electron chi connectivity index (χ1n) is 6.56. The minimum atomic E-state index is 0.0340. The molecule has 0 bridgehead atoms. The van der Waals surface area contributed by atoms with Gasteiger partial charge in [-0.1, -0.05) is 12.1 Å². The van der Waals surface area contributed by atoms with Gasteiger partial charge >= 0.3 is 0 Å². The molecule has 1 saturated carbocycles. The van der Waals surface area contributed by atoms with Gasteiger partial charge in [-0.05, 0) is 43.4 Å². The average Bonchev–Trinajstić information content (AvgIpc) is 3.01. The first kappa shape index (κ1) is 12.0. The van der Waals surface area contributed by atoms with Crippen molar-refractivity contribution in [1.29, 1.82) is 0 Å². The van der Waals surface area contributed by atoms with Crippen LogP contribution < -0.4 is 5.73 Å². The summed E-state index contributed by atoms with van der Waals surface area (Å²) in [4.78, 5) is 4.44. The van der Waals surface area contributed by atoms with E-state index in [1.54, 1.807) is 18.2 Å². The Labute approximate surface area is 111 Å². The van der Waals surface area contributed by atoms with Crippen LogP contribution in [-0.2, 0) is 0 Å². The van der Waals surface area contributed by atoms with Crippen molar-refractivity contribution in [2.75, 3.05) is 5.73 Å². The van der Waals surface area contributed by atoms with E-state index in [9.17, 15) is 5.11 Å². The van der Waals surface area contributed by atoms with Crippen LogP contribution in [0.15, 0.2) is 22.7 Å². The Morgan fingerprint density at radius 2 is 2.21 bits per heavy atom. The van der Waals surface area contributed by atoms with Crippen molar-refractivity contribution in [1.82, 2.24) is 10.1 Å². The van der Waals surface area contributed by atoms with Crippen LogP contribution in [0.4, 0.5) is 5.69 Å². The van der Waals surface area contributed by atoms with Gasteiger partial charge in [0.05, 0.1) is 5.69 Å². The number of phenolic OH excluding ortho intramolecular Hbond substituents is 1. The van der Waals surface area contributed by atoms with E-state index >= 15 is 0 Å². The lowest BCUT2D eigenvalue weighted by Gasteiger charge is -2.02. The summed E-state index contributed by atoms with van der Waals surface area (Å²) in [6.45, 7) is 2.25. The third-order valence-electron chi connectivity index (χ3n) is 3.78. The van der Waals surface area contributed by atoms with Crippen molar-refractivity contribution in [2.24, 2.45) is 5.92 Å². The van der Waals surface area contributed by atoms with E-state index in [4.69, 9.17) is 10.3 Å². The van der Waals surface area contributed by atoms with Crippen molar-refractivity contribution in [3.63, 3.8) is 0 Å². The molecule has 5 nitrogen and oxygen atoms in total. The molecule has 1 heterocycles. The molecule has 1 aliphatic carbocycles. The number of aromatic nitrogens is 2. The summed E-state index contributed by atoms with van der Waals surface area (Å²) < 4.78 is 5.28. The largest absolute Gasteiger partial charge is 0.506 e. The summed E-state index contributed by atoms with van der Waals surface area (Å²) >= 11 is 0. The Morgan fingerprint density at radius 1 is 1.37 bits per heavy atom. The van der Waals surface area contributed by atoms with Gasteiger partial charge in [0, 0.05) is 11.5 Å². The molecule has 1 aromatic heterocycles. The predicted octanol–water partition coefficient (Wildman–Crippen LogP) is 2.93. The zero-order valence-electron chi connectivity index (χ0n) is 10.8. The van der Waals surface area contributed by atoms with Crippen LogP contribution in [0.5, 0.6) is 5.75 Å². The van der Waals surface area contributed by atoms with Gasteiger partial charge in [-0.15, -0.1) is 0 Å². The number of aromatic hydroxyl groups is 1. The van der Waals surface area contributed by atoms with Crippen molar-refractivity contribution in [2.45, 2.75) is 32.1 Å². The maximum Gasteiger partial charge on any atom is 0.258 e. The van der Waals surface area contributed by atoms with Crippen molar-refractivity contribution in [3.05, 3.63) is 24.0 Å². The molecule has 0 saturated heterocycles. The fourth-order valence-electron chi connectivity index (χ4n) is 2.64. The molecule has 0 radical (unpaired) electrons. The highest BCUT2D eigenvalue weighted by atomic mass is 16.5. The quantitative estimate of drug-likeness (QED) is 0.639. The molecule has 3 rings (SSSR count). The van der Waals surface area contributed by atoms with E-state index in [0.717, 1.165) is 24.6 Å². The number of benzene rings is 1. The number of hydrogen-bond acceptors (Lipinski definition) is 5. The van der Waals surface area contributed by atoms with Gasteiger partial charge in [-0.3, -0.25) is 0 Å². The SMILES string of the molecule is CC1CCC(c2noc(-c3ccc(N)c(O)c3)n2)C1. The number of hydrogen-bond donors (Lipinski definition) is 2. The number of nitrogens with zero attached hydrogens (tertiary/aromatic N) is 2. The molecule has 1 aliphatic rings. The van der Waals surface area contributed by atoms with Crippen LogP contribution in [0.25, 0.3) is 11.5 Å². The molecule has 0 spiro atoms. The lowest BCUT2D eigenvalue weighted by atomic mass is 10.1. The molecule has 2 unspecified atom stereocenters. The van der Waals surface area contributed by atoms with Crippen LogP contribution in [-0.4, -0.2) is 15.2 Å². The highest BCUT2D eigenvalue weighted by molar-refractivity contribution is 5.63. The van der Waals surface area contributed by atoms with Crippen LogP contribution >= 0.6 is 0 Å². The highest BCUT2D eigenvalue weighted by Gasteiger charge is 2.27. The summed E-state index contributed by atoms with van der Waals surface area (Å²) in [6.07, 6.45) is 3.45. The third kappa shape index (κ3) is 2.28. The van der Waals surface area contributed by atoms with Crippen molar-refractivity contribution < 1.29 is 9.63 Å². The molecule has 1 aromatic carbocycles. The number of rotatable bonds is 2. The van der Waals surface area contributed by atoms with Crippen LogP contribution in [0.2, 0.25) is 0 Å². The summed E-state index contributed by atoms with van der Waals surface area (Å²) in [7, 11) is 0. The van der Waals surface area contributed by atoms with Gasteiger partial charge in [0.2, 0.25) is 0 Å².